The monoisotopic (exact) mass is 1950 g/mol. The third kappa shape index (κ3) is 30.6. The number of esters is 1. The van der Waals surface area contributed by atoms with Crippen LogP contribution in [0.3, 0.4) is 0 Å². The standard InChI is InChI=1S/C26H33N5O3S.C24H30N4OS.C21H25N5OS.C17H16BrN3OS.C10H19NO2.C2H4O.CH4/c1-16-5-10-20-21(27)22(35-24(20)29-16)23(32)28-13-11-17-6-8-19(9-7-17)31-14-12-18(15-31)30-25(33)34-26(2,3)4;1-3-4-18-12-14-28(15-18)19-8-6-17(7-9-19)11-13-26-23(29)22-21(25)20-10-5-16(2)27-24(20)30-22;1-13-2-7-17-18(23)19(28-21(17)25-13)20(27)24-10-8-14-3-5-16(6-4-14)26-11-9-15(22)12-26;1-10-2-7-13-14(19)15(23-17(13)21-10)16(22)20-9-8-11-3-5-12(18)6-4-11;1-10(2,3)13-9(12)6-8-4-5-11-7-8;1-2-3;/h5-10,18H,11-15,27H2,1-4H3,(H,28,32)(H,30,33);5-10,18H,3-4,11-15,25H2,1-2H3,(H,26,29);2-7,15H,8-12,22-23H2,1H3,(H,24,27);2-7H,8-9,19H2,1H3,(H,20,22);8,11H,4-7H2,1-3H3;2H,1H3;1H4/t2*18-;15-;;8-;;/m111.0../s1. The number of aryl methyl sites for hydroxylation is 4. The van der Waals surface area contributed by atoms with E-state index in [1.165, 1.54) is 106 Å². The van der Waals surface area contributed by atoms with Crippen molar-refractivity contribution in [3.05, 3.63) is 215 Å². The van der Waals surface area contributed by atoms with Crippen LogP contribution in [0, 0.1) is 39.5 Å². The second kappa shape index (κ2) is 49.0. The maximum Gasteiger partial charge on any atom is 0.407 e. The minimum Gasteiger partial charge on any atom is -0.460 e. The number of halogens is 1. The highest BCUT2D eigenvalue weighted by molar-refractivity contribution is 9.10. The van der Waals surface area contributed by atoms with Gasteiger partial charge in [-0.25, -0.2) is 24.7 Å². The lowest BCUT2D eigenvalue weighted by Crippen LogP contribution is -2.40. The average molecular weight is 1950 g/mol. The molecule has 12 heterocycles. The van der Waals surface area contributed by atoms with Gasteiger partial charge >= 0.3 is 12.1 Å². The molecular formula is C101H131BrN18O9S4. The summed E-state index contributed by atoms with van der Waals surface area (Å²) in [6, 6.07) is 49.3. The third-order valence-corrected chi connectivity index (χ3v) is 27.5. The molecule has 4 saturated heterocycles. The molecule has 710 valence electrons. The molecule has 0 radical (unpaired) electrons. The molecule has 133 heavy (non-hydrogen) atoms. The summed E-state index contributed by atoms with van der Waals surface area (Å²) in [6.07, 6.45) is 10.9. The number of nitrogens with zero attached hydrogens (tertiary/aromatic N) is 7. The molecule has 0 spiro atoms. The number of thiophene rings is 4. The zero-order chi connectivity index (χ0) is 94.9. The summed E-state index contributed by atoms with van der Waals surface area (Å²) in [4.78, 5) is 113. The zero-order valence-electron chi connectivity index (χ0n) is 77.7. The Labute approximate surface area is 805 Å². The number of pyridine rings is 4. The van der Waals surface area contributed by atoms with Crippen molar-refractivity contribution in [2.75, 3.05) is 116 Å². The van der Waals surface area contributed by atoms with Gasteiger partial charge in [0.25, 0.3) is 23.6 Å². The van der Waals surface area contributed by atoms with Gasteiger partial charge in [0.1, 0.15) is 56.3 Å². The van der Waals surface area contributed by atoms with Crippen LogP contribution in [0.1, 0.15) is 191 Å². The largest absolute Gasteiger partial charge is 0.460 e. The van der Waals surface area contributed by atoms with Gasteiger partial charge in [0.15, 0.2) is 0 Å². The number of nitrogens with two attached hydrogens (primary N) is 5. The molecule has 4 aliphatic heterocycles. The van der Waals surface area contributed by atoms with Gasteiger partial charge in [-0.3, -0.25) is 24.0 Å². The molecule has 0 saturated carbocycles. The lowest BCUT2D eigenvalue weighted by molar-refractivity contribution is -0.155. The van der Waals surface area contributed by atoms with E-state index in [1.807, 2.05) is 142 Å². The Balaban J connectivity index is 0.000000175. The molecule has 0 aliphatic carbocycles. The van der Waals surface area contributed by atoms with Crippen LogP contribution in [0.25, 0.3) is 40.9 Å². The number of aldehydes is 1. The average Bonchev–Trinajstić information content (AvgIpc) is 1.66. The van der Waals surface area contributed by atoms with Crippen LogP contribution in [-0.2, 0) is 44.7 Å². The van der Waals surface area contributed by atoms with Gasteiger partial charge in [-0.15, -0.1) is 45.3 Å². The summed E-state index contributed by atoms with van der Waals surface area (Å²) in [5, 5.41) is 21.5. The number of aromatic nitrogens is 4. The van der Waals surface area contributed by atoms with Gasteiger partial charge in [-0.05, 0) is 278 Å². The van der Waals surface area contributed by atoms with Crippen molar-refractivity contribution in [1.29, 1.82) is 0 Å². The predicted molar refractivity (Wildman–Crippen MR) is 553 cm³/mol. The van der Waals surface area contributed by atoms with Crippen LogP contribution in [0.5, 0.6) is 0 Å². The van der Waals surface area contributed by atoms with Crippen LogP contribution in [0.4, 0.5) is 44.6 Å². The quantitative estimate of drug-likeness (QED) is 0.0198. The Morgan fingerprint density at radius 3 is 1.12 bits per heavy atom. The number of amides is 5. The molecule has 12 aromatic rings. The van der Waals surface area contributed by atoms with Crippen molar-refractivity contribution in [2.24, 2.45) is 17.6 Å². The fraction of sp³-hybridized carbons (Fsp3) is 0.416. The Morgan fingerprint density at radius 1 is 0.466 bits per heavy atom. The molecule has 8 aromatic heterocycles. The predicted octanol–water partition coefficient (Wildman–Crippen LogP) is 17.8. The number of anilines is 7. The second-order valence-corrected chi connectivity index (χ2v) is 40.5. The van der Waals surface area contributed by atoms with Crippen LogP contribution in [0.15, 0.2) is 150 Å². The van der Waals surface area contributed by atoms with Gasteiger partial charge in [0.2, 0.25) is 0 Å². The summed E-state index contributed by atoms with van der Waals surface area (Å²) in [6.45, 7) is 32.8. The molecule has 4 fully saturated rings. The van der Waals surface area contributed by atoms with Gasteiger partial charge in [0, 0.05) is 144 Å². The van der Waals surface area contributed by atoms with E-state index >= 15 is 0 Å². The molecule has 4 aromatic carbocycles. The number of nitrogen functional groups attached to an aromatic ring is 4. The SMILES string of the molecule is C.CC(C)(C)OC(=O)C[C@@H]1CCNC1.CC=O.CCC[C@@H]1CCN(c2ccc(CCNC(=O)c3sc4nc(C)ccc4c3N)cc2)C1.Cc1ccc2c(N)c(C(=O)NCCc3ccc(Br)cc3)sc2n1.Cc1ccc2c(N)c(C(=O)NCCc3ccc(N4CC[C@@H](N)C4)cc3)sc2n1.Cc1ccc2c(N)c(C(=O)NCCc3ccc(N4CC[C@@H](NC(=O)OC(C)(C)C)C4)cc3)sc2n1. The number of nitrogens with one attached hydrogen (secondary N) is 6. The number of fused-ring (bicyclic) bond motifs is 4. The molecule has 16 N–H and O–H groups in total. The van der Waals surface area contributed by atoms with E-state index in [0.717, 1.165) is 182 Å². The molecule has 4 atom stereocenters. The van der Waals surface area contributed by atoms with Gasteiger partial charge in [0.05, 0.1) is 28.8 Å². The first-order valence-electron chi connectivity index (χ1n) is 45.2. The maximum absolute atomic E-state index is 12.7. The highest BCUT2D eigenvalue weighted by Gasteiger charge is 2.30. The smallest absolute Gasteiger partial charge is 0.407 e. The molecule has 0 bridgehead atoms. The van der Waals surface area contributed by atoms with Crippen molar-refractivity contribution in [3.63, 3.8) is 0 Å². The normalized spacial score (nSPS) is 15.6. The van der Waals surface area contributed by atoms with Crippen molar-refractivity contribution in [1.82, 2.24) is 51.8 Å². The van der Waals surface area contributed by atoms with E-state index in [1.54, 1.807) is 0 Å². The zero-order valence-corrected chi connectivity index (χ0v) is 82.6. The molecule has 4 aliphatic rings. The highest BCUT2D eigenvalue weighted by atomic mass is 79.9. The van der Waals surface area contributed by atoms with E-state index < -0.39 is 5.60 Å². The van der Waals surface area contributed by atoms with Gasteiger partial charge in [-0.2, -0.15) is 0 Å². The van der Waals surface area contributed by atoms with Crippen molar-refractivity contribution < 1.29 is 43.0 Å². The molecule has 5 amide bonds. The lowest BCUT2D eigenvalue weighted by atomic mass is 10.0. The van der Waals surface area contributed by atoms with Crippen LogP contribution in [-0.4, -0.2) is 164 Å². The van der Waals surface area contributed by atoms with E-state index in [4.69, 9.17) is 42.9 Å². The van der Waals surface area contributed by atoms with E-state index in [-0.39, 0.29) is 60.8 Å². The van der Waals surface area contributed by atoms with Crippen LogP contribution in [0.2, 0.25) is 0 Å². The highest BCUT2D eigenvalue weighted by Crippen LogP contribution is 2.38. The number of rotatable bonds is 24. The van der Waals surface area contributed by atoms with Crippen molar-refractivity contribution in [3.8, 4) is 0 Å². The Hall–Kier alpha value is -11.4. The summed E-state index contributed by atoms with van der Waals surface area (Å²) in [5.74, 6) is 0.687. The molecule has 0 unspecified atom stereocenters. The van der Waals surface area contributed by atoms with E-state index in [2.05, 4.69) is 162 Å². The molecular weight excluding hydrogens is 1820 g/mol. The Bertz CT molecular complexity index is 5910. The van der Waals surface area contributed by atoms with Gasteiger partial charge in [-0.1, -0.05) is 85.2 Å². The first-order valence-corrected chi connectivity index (χ1v) is 49.2. The summed E-state index contributed by atoms with van der Waals surface area (Å²) >= 11 is 8.78. The fourth-order valence-corrected chi connectivity index (χ4v) is 20.2. The molecule has 32 heteroatoms. The number of carbonyl (C=O) groups is 7. The Kier molecular flexibility index (Phi) is 38.2. The number of ether oxygens (including phenoxy) is 2. The fourth-order valence-electron chi connectivity index (χ4n) is 15.7. The number of hydrogen-bond donors (Lipinski definition) is 11. The topological polar surface area (TPSA) is 402 Å². The summed E-state index contributed by atoms with van der Waals surface area (Å²) < 4.78 is 11.6. The maximum atomic E-state index is 12.7. The van der Waals surface area contributed by atoms with Crippen molar-refractivity contribution in [2.45, 2.75) is 184 Å². The number of hydrogen-bond acceptors (Lipinski definition) is 26. The number of benzene rings is 4. The van der Waals surface area contributed by atoms with Gasteiger partial charge < -0.3 is 89.5 Å². The Morgan fingerprint density at radius 2 is 0.797 bits per heavy atom. The van der Waals surface area contributed by atoms with Crippen LogP contribution >= 0.6 is 61.3 Å². The first-order chi connectivity index (χ1) is 63.1. The summed E-state index contributed by atoms with van der Waals surface area (Å²) in [7, 11) is 0. The van der Waals surface area contributed by atoms with Crippen molar-refractivity contribution >= 4 is 184 Å². The minimum atomic E-state index is -0.501. The third-order valence-electron chi connectivity index (χ3n) is 22.5. The molecule has 27 nitrogen and oxygen atoms in total. The van der Waals surface area contributed by atoms with E-state index in [0.29, 0.717) is 80.8 Å². The number of alkyl carbamates (subject to hydrolysis) is 1. The van der Waals surface area contributed by atoms with Crippen LogP contribution < -0.4 is 75.3 Å². The van der Waals surface area contributed by atoms with E-state index in [9.17, 15) is 28.8 Å². The lowest BCUT2D eigenvalue weighted by Gasteiger charge is -2.22. The summed E-state index contributed by atoms with van der Waals surface area (Å²) in [5.41, 5.74) is 43.8. The molecule has 16 rings (SSSR count). The number of carbonyl (C=O) groups excluding carboxylic acids is 7. The first kappa shape index (κ1) is 104. The minimum absolute atomic E-state index is 0. The second-order valence-electron chi connectivity index (χ2n) is 35.6.